The largest absolute Gasteiger partial charge is 0.483 e. The van der Waals surface area contributed by atoms with Gasteiger partial charge in [-0.25, -0.2) is 13.1 Å². The van der Waals surface area contributed by atoms with E-state index < -0.39 is 10.0 Å². The molecule has 0 aliphatic rings. The van der Waals surface area contributed by atoms with Crippen molar-refractivity contribution in [2.75, 3.05) is 41.3 Å². The normalized spacial score (nSPS) is 11.0. The number of likely N-dealkylation sites (N-methyl/N-ethyl adjacent to an activating group) is 2. The molecule has 0 aliphatic carbocycles. The van der Waals surface area contributed by atoms with Gasteiger partial charge in [0.15, 0.2) is 6.61 Å². The van der Waals surface area contributed by atoms with E-state index in [2.05, 4.69) is 4.72 Å². The third kappa shape index (κ3) is 5.50. The molecule has 0 unspecified atom stereocenters. The summed E-state index contributed by atoms with van der Waals surface area (Å²) in [6.45, 7) is 1.24. The fourth-order valence-electron chi connectivity index (χ4n) is 1.62. The Bertz CT molecular complexity index is 714. The Morgan fingerprint density at radius 2 is 1.67 bits per heavy atom. The molecule has 1 aromatic carbocycles. The number of ether oxygens (including phenoxy) is 1. The van der Waals surface area contributed by atoms with Crippen molar-refractivity contribution in [2.45, 2.75) is 11.8 Å². The maximum absolute atomic E-state index is 12.2. The molecule has 9 heteroatoms. The van der Waals surface area contributed by atoms with Gasteiger partial charge in [-0.1, -0.05) is 0 Å². The van der Waals surface area contributed by atoms with Crippen molar-refractivity contribution in [1.29, 1.82) is 0 Å². The molecule has 0 fully saturated rings. The first-order chi connectivity index (χ1) is 11.0. The molecule has 0 saturated heterocycles. The van der Waals surface area contributed by atoms with Crippen LogP contribution in [0, 0.1) is 6.92 Å². The van der Waals surface area contributed by atoms with Crippen LogP contribution >= 0.6 is 0 Å². The molecule has 0 aromatic heterocycles. The summed E-state index contributed by atoms with van der Waals surface area (Å²) in [5.74, 6) is -0.124. The van der Waals surface area contributed by atoms with E-state index >= 15 is 0 Å². The third-order valence-corrected chi connectivity index (χ3v) is 4.62. The third-order valence-electron chi connectivity index (χ3n) is 3.22. The maximum Gasteiger partial charge on any atom is 0.259 e. The molecule has 1 N–H and O–H groups in total. The zero-order valence-electron chi connectivity index (χ0n) is 14.5. The van der Waals surface area contributed by atoms with Crippen molar-refractivity contribution >= 4 is 21.8 Å². The maximum atomic E-state index is 12.2. The summed E-state index contributed by atoms with van der Waals surface area (Å²) >= 11 is 0. The van der Waals surface area contributed by atoms with Gasteiger partial charge in [-0.15, -0.1) is 0 Å². The first-order valence-electron chi connectivity index (χ1n) is 7.18. The number of hydrogen-bond acceptors (Lipinski definition) is 5. The summed E-state index contributed by atoms with van der Waals surface area (Å²) in [5.41, 5.74) is 0.573. The number of benzene rings is 1. The van der Waals surface area contributed by atoms with Crippen LogP contribution < -0.4 is 9.46 Å². The van der Waals surface area contributed by atoms with E-state index in [9.17, 15) is 18.0 Å². The van der Waals surface area contributed by atoms with Crippen molar-refractivity contribution in [3.05, 3.63) is 23.8 Å². The Morgan fingerprint density at radius 1 is 1.08 bits per heavy atom. The second-order valence-corrected chi connectivity index (χ2v) is 7.38. The smallest absolute Gasteiger partial charge is 0.259 e. The Morgan fingerprint density at radius 3 is 2.17 bits per heavy atom. The number of aryl methyl sites for hydroxylation is 1. The summed E-state index contributed by atoms with van der Waals surface area (Å²) < 4.78 is 32.0. The van der Waals surface area contributed by atoms with Crippen molar-refractivity contribution in [1.82, 2.24) is 14.5 Å². The lowest BCUT2D eigenvalue weighted by Gasteiger charge is -2.14. The lowest BCUT2D eigenvalue weighted by molar-refractivity contribution is -0.130. The molecular weight excluding hydrogens is 334 g/mol. The lowest BCUT2D eigenvalue weighted by atomic mass is 10.2. The first kappa shape index (κ1) is 19.9. The van der Waals surface area contributed by atoms with Crippen LogP contribution in [0.25, 0.3) is 0 Å². The summed E-state index contributed by atoms with van der Waals surface area (Å²) in [6.07, 6.45) is 0. The topological polar surface area (TPSA) is 96.0 Å². The highest BCUT2D eigenvalue weighted by Gasteiger charge is 2.17. The van der Waals surface area contributed by atoms with Crippen molar-refractivity contribution in [3.8, 4) is 5.75 Å². The number of hydrogen-bond donors (Lipinski definition) is 1. The van der Waals surface area contributed by atoms with Crippen LogP contribution in [0.2, 0.25) is 0 Å². The predicted octanol–water partition coefficient (Wildman–Crippen LogP) is -0.171. The second-order valence-electron chi connectivity index (χ2n) is 5.62. The van der Waals surface area contributed by atoms with Gasteiger partial charge in [-0.2, -0.15) is 0 Å². The Balaban J connectivity index is 2.82. The van der Waals surface area contributed by atoms with Gasteiger partial charge in [0, 0.05) is 28.2 Å². The van der Waals surface area contributed by atoms with Gasteiger partial charge in [-0.05, 0) is 30.7 Å². The number of amides is 2. The van der Waals surface area contributed by atoms with Crippen LogP contribution in [-0.2, 0) is 19.6 Å². The molecule has 0 bridgehead atoms. The summed E-state index contributed by atoms with van der Waals surface area (Å²) in [4.78, 5) is 25.7. The Hall–Kier alpha value is -2.13. The highest BCUT2D eigenvalue weighted by atomic mass is 32.2. The van der Waals surface area contributed by atoms with Crippen molar-refractivity contribution in [3.63, 3.8) is 0 Å². The van der Waals surface area contributed by atoms with Gasteiger partial charge in [0.1, 0.15) is 5.75 Å². The molecule has 0 heterocycles. The summed E-state index contributed by atoms with van der Waals surface area (Å²) in [7, 11) is 2.53. The molecule has 0 radical (unpaired) electrons. The zero-order chi connectivity index (χ0) is 18.5. The standard InChI is InChI=1S/C15H23N3O5S/c1-11-8-12(24(21,22)16-9-14(19)17(2)3)6-7-13(11)23-10-15(20)18(4)5/h6-8,16H,9-10H2,1-5H3. The van der Waals surface area contributed by atoms with E-state index in [4.69, 9.17) is 4.74 Å². The van der Waals surface area contributed by atoms with E-state index in [1.54, 1.807) is 35.1 Å². The molecule has 8 nitrogen and oxygen atoms in total. The quantitative estimate of drug-likeness (QED) is 0.731. The van der Waals surface area contributed by atoms with Gasteiger partial charge >= 0.3 is 0 Å². The van der Waals surface area contributed by atoms with E-state index in [0.717, 1.165) is 0 Å². The SMILES string of the molecule is Cc1cc(S(=O)(=O)NCC(=O)N(C)C)ccc1OCC(=O)N(C)C. The van der Waals surface area contributed by atoms with Crippen LogP contribution in [0.5, 0.6) is 5.75 Å². The molecule has 0 spiro atoms. The van der Waals surface area contributed by atoms with Crippen LogP contribution in [0.3, 0.4) is 0 Å². The van der Waals surface area contributed by atoms with Gasteiger partial charge in [0.05, 0.1) is 11.4 Å². The fourth-order valence-corrected chi connectivity index (χ4v) is 2.68. The second kappa shape index (κ2) is 8.11. The van der Waals surface area contributed by atoms with E-state index in [1.807, 2.05) is 0 Å². The summed E-state index contributed by atoms with van der Waals surface area (Å²) in [6, 6.07) is 4.28. The molecule has 2 amide bonds. The molecule has 24 heavy (non-hydrogen) atoms. The highest BCUT2D eigenvalue weighted by Crippen LogP contribution is 2.21. The number of nitrogens with zero attached hydrogens (tertiary/aromatic N) is 2. The van der Waals surface area contributed by atoms with Gasteiger partial charge in [0.2, 0.25) is 15.9 Å². The molecule has 134 valence electrons. The molecule has 1 rings (SSSR count). The van der Waals surface area contributed by atoms with Crippen molar-refractivity contribution in [2.24, 2.45) is 0 Å². The average Bonchev–Trinajstić information content (AvgIpc) is 2.50. The summed E-state index contributed by atoms with van der Waals surface area (Å²) in [5, 5.41) is 0. The minimum absolute atomic E-state index is 0.0258. The number of carbonyl (C=O) groups is 2. The zero-order valence-corrected chi connectivity index (χ0v) is 15.3. The Labute approximate surface area is 142 Å². The van der Waals surface area contributed by atoms with E-state index in [0.29, 0.717) is 11.3 Å². The first-order valence-corrected chi connectivity index (χ1v) is 8.66. The number of nitrogens with one attached hydrogen (secondary N) is 1. The molecule has 0 aliphatic heterocycles. The number of sulfonamides is 1. The lowest BCUT2D eigenvalue weighted by Crippen LogP contribution is -2.36. The fraction of sp³-hybridized carbons (Fsp3) is 0.467. The molecule has 0 saturated carbocycles. The van der Waals surface area contributed by atoms with Gasteiger partial charge < -0.3 is 14.5 Å². The van der Waals surface area contributed by atoms with Gasteiger partial charge in [-0.3, -0.25) is 9.59 Å². The molecular formula is C15H23N3O5S. The van der Waals surface area contributed by atoms with Gasteiger partial charge in [0.25, 0.3) is 5.91 Å². The number of carbonyl (C=O) groups excluding carboxylic acids is 2. The minimum Gasteiger partial charge on any atom is -0.483 e. The van der Waals surface area contributed by atoms with Crippen LogP contribution in [0.1, 0.15) is 5.56 Å². The highest BCUT2D eigenvalue weighted by molar-refractivity contribution is 7.89. The minimum atomic E-state index is -3.80. The molecule has 1 aromatic rings. The Kier molecular flexibility index (Phi) is 6.73. The van der Waals surface area contributed by atoms with E-state index in [-0.39, 0.29) is 29.9 Å². The predicted molar refractivity (Wildman–Crippen MR) is 89.3 cm³/mol. The van der Waals surface area contributed by atoms with Crippen LogP contribution in [-0.4, -0.2) is 71.4 Å². The van der Waals surface area contributed by atoms with Crippen LogP contribution in [0.4, 0.5) is 0 Å². The molecule has 0 atom stereocenters. The van der Waals surface area contributed by atoms with Crippen LogP contribution in [0.15, 0.2) is 23.1 Å². The monoisotopic (exact) mass is 357 g/mol. The van der Waals surface area contributed by atoms with E-state index in [1.165, 1.54) is 28.0 Å². The number of rotatable bonds is 7. The van der Waals surface area contributed by atoms with Crippen molar-refractivity contribution < 1.29 is 22.7 Å². The average molecular weight is 357 g/mol.